The number of anilines is 1. The molecular weight excluding hydrogens is 254 g/mol. The number of ether oxygens (including phenoxy) is 1. The molecule has 0 aliphatic carbocycles. The summed E-state index contributed by atoms with van der Waals surface area (Å²) >= 11 is 0. The monoisotopic (exact) mass is 277 g/mol. The minimum Gasteiger partial charge on any atom is -0.384 e. The van der Waals surface area contributed by atoms with Crippen molar-refractivity contribution in [2.45, 2.75) is 51.7 Å². The summed E-state index contributed by atoms with van der Waals surface area (Å²) in [6.45, 7) is 8.80. The molecule has 1 aliphatic rings. The van der Waals surface area contributed by atoms with Gasteiger partial charge in [-0.2, -0.15) is 0 Å². The Morgan fingerprint density at radius 3 is 2.70 bits per heavy atom. The third-order valence-electron chi connectivity index (χ3n) is 3.57. The summed E-state index contributed by atoms with van der Waals surface area (Å²) in [6, 6.07) is 3.49. The molecule has 2 heterocycles. The third kappa shape index (κ3) is 3.28. The summed E-state index contributed by atoms with van der Waals surface area (Å²) in [5.41, 5.74) is 7.04. The molecule has 5 nitrogen and oxygen atoms in total. The van der Waals surface area contributed by atoms with E-state index in [4.69, 9.17) is 10.5 Å². The van der Waals surface area contributed by atoms with E-state index < -0.39 is 0 Å². The lowest BCUT2D eigenvalue weighted by Gasteiger charge is -2.20. The second-order valence-corrected chi connectivity index (χ2v) is 6.36. The Morgan fingerprint density at radius 1 is 1.45 bits per heavy atom. The molecule has 1 fully saturated rings. The van der Waals surface area contributed by atoms with Crippen LogP contribution in [-0.2, 0) is 10.2 Å². The van der Waals surface area contributed by atoms with Crippen molar-refractivity contribution in [2.24, 2.45) is 0 Å². The Bertz CT molecular complexity index is 508. The molecule has 1 amide bonds. The molecule has 5 heteroatoms. The van der Waals surface area contributed by atoms with Crippen LogP contribution in [-0.4, -0.2) is 29.6 Å². The lowest BCUT2D eigenvalue weighted by atomic mass is 9.90. The summed E-state index contributed by atoms with van der Waals surface area (Å²) in [5, 5.41) is 3.00. The first kappa shape index (κ1) is 14.8. The molecule has 110 valence electrons. The van der Waals surface area contributed by atoms with Gasteiger partial charge in [-0.1, -0.05) is 20.8 Å². The van der Waals surface area contributed by atoms with E-state index in [9.17, 15) is 4.79 Å². The second-order valence-electron chi connectivity index (χ2n) is 6.36. The van der Waals surface area contributed by atoms with Gasteiger partial charge in [0.05, 0.1) is 12.1 Å². The number of amides is 1. The number of rotatable bonds is 2. The molecule has 0 aromatic carbocycles. The molecule has 20 heavy (non-hydrogen) atoms. The standard InChI is InChI=1S/C15H23N3O2/c1-9-11(5-6-20-9)17-14(19)10-7-12(15(2,3)4)18-13(16)8-10/h7-9,11H,5-6H2,1-4H3,(H2,16,18)(H,17,19). The van der Waals surface area contributed by atoms with Crippen molar-refractivity contribution in [1.82, 2.24) is 10.3 Å². The van der Waals surface area contributed by atoms with Gasteiger partial charge in [-0.15, -0.1) is 0 Å². The van der Waals surface area contributed by atoms with Crippen LogP contribution in [0.4, 0.5) is 5.82 Å². The SMILES string of the molecule is CC1OCCC1NC(=O)c1cc(N)nc(C(C)(C)C)c1. The van der Waals surface area contributed by atoms with Gasteiger partial charge in [-0.25, -0.2) is 4.98 Å². The zero-order chi connectivity index (χ0) is 14.9. The molecule has 1 aromatic heterocycles. The van der Waals surface area contributed by atoms with Gasteiger partial charge >= 0.3 is 0 Å². The maximum Gasteiger partial charge on any atom is 0.251 e. The van der Waals surface area contributed by atoms with E-state index in [0.29, 0.717) is 18.0 Å². The van der Waals surface area contributed by atoms with Crippen molar-refractivity contribution >= 4 is 11.7 Å². The van der Waals surface area contributed by atoms with E-state index in [1.807, 2.05) is 33.8 Å². The fourth-order valence-corrected chi connectivity index (χ4v) is 2.24. The van der Waals surface area contributed by atoms with Gasteiger partial charge in [0.25, 0.3) is 5.91 Å². The van der Waals surface area contributed by atoms with Gasteiger partial charge < -0.3 is 15.8 Å². The molecule has 2 unspecified atom stereocenters. The largest absolute Gasteiger partial charge is 0.384 e. The highest BCUT2D eigenvalue weighted by molar-refractivity contribution is 5.95. The molecule has 1 saturated heterocycles. The Kier molecular flexibility index (Phi) is 3.99. The van der Waals surface area contributed by atoms with Gasteiger partial charge in [0.15, 0.2) is 0 Å². The van der Waals surface area contributed by atoms with Crippen LogP contribution in [0.15, 0.2) is 12.1 Å². The minimum absolute atomic E-state index is 0.0558. The minimum atomic E-state index is -0.145. The number of hydrogen-bond donors (Lipinski definition) is 2. The van der Waals surface area contributed by atoms with Crippen molar-refractivity contribution in [3.05, 3.63) is 23.4 Å². The van der Waals surface area contributed by atoms with Gasteiger partial charge in [0.1, 0.15) is 5.82 Å². The highest BCUT2D eigenvalue weighted by Crippen LogP contribution is 2.23. The zero-order valence-corrected chi connectivity index (χ0v) is 12.6. The normalized spacial score (nSPS) is 22.8. The predicted octanol–water partition coefficient (Wildman–Crippen LogP) is 1.87. The topological polar surface area (TPSA) is 77.2 Å². The molecule has 3 N–H and O–H groups in total. The number of pyridine rings is 1. The Balaban J connectivity index is 2.19. The van der Waals surface area contributed by atoms with E-state index in [1.54, 1.807) is 6.07 Å². The average Bonchev–Trinajstić information content (AvgIpc) is 2.73. The highest BCUT2D eigenvalue weighted by atomic mass is 16.5. The fraction of sp³-hybridized carbons (Fsp3) is 0.600. The van der Waals surface area contributed by atoms with Crippen molar-refractivity contribution in [2.75, 3.05) is 12.3 Å². The number of carbonyl (C=O) groups is 1. The average molecular weight is 277 g/mol. The van der Waals surface area contributed by atoms with Gasteiger partial charge in [-0.05, 0) is 25.5 Å². The molecular formula is C15H23N3O2. The number of nitrogens with zero attached hydrogens (tertiary/aromatic N) is 1. The lowest BCUT2D eigenvalue weighted by Crippen LogP contribution is -2.39. The van der Waals surface area contributed by atoms with Crippen LogP contribution in [0, 0.1) is 0 Å². The lowest BCUT2D eigenvalue weighted by molar-refractivity contribution is 0.0866. The summed E-state index contributed by atoms with van der Waals surface area (Å²) in [4.78, 5) is 16.6. The molecule has 0 saturated carbocycles. The number of nitrogen functional groups attached to an aromatic ring is 1. The summed E-state index contributed by atoms with van der Waals surface area (Å²) in [5.74, 6) is 0.255. The van der Waals surface area contributed by atoms with Gasteiger partial charge in [-0.3, -0.25) is 4.79 Å². The predicted molar refractivity (Wildman–Crippen MR) is 78.6 cm³/mol. The number of aromatic nitrogens is 1. The van der Waals surface area contributed by atoms with Crippen LogP contribution >= 0.6 is 0 Å². The molecule has 0 radical (unpaired) electrons. The van der Waals surface area contributed by atoms with E-state index in [-0.39, 0.29) is 23.5 Å². The first-order valence-electron chi connectivity index (χ1n) is 6.98. The van der Waals surface area contributed by atoms with Crippen molar-refractivity contribution < 1.29 is 9.53 Å². The molecule has 2 rings (SSSR count). The van der Waals surface area contributed by atoms with E-state index in [0.717, 1.165) is 12.1 Å². The van der Waals surface area contributed by atoms with Crippen LogP contribution in [0.5, 0.6) is 0 Å². The van der Waals surface area contributed by atoms with Gasteiger partial charge in [0, 0.05) is 23.3 Å². The molecule has 1 aliphatic heterocycles. The summed E-state index contributed by atoms with van der Waals surface area (Å²) in [7, 11) is 0. The van der Waals surface area contributed by atoms with E-state index in [2.05, 4.69) is 10.3 Å². The van der Waals surface area contributed by atoms with Gasteiger partial charge in [0.2, 0.25) is 0 Å². The molecule has 1 aromatic rings. The quantitative estimate of drug-likeness (QED) is 0.865. The van der Waals surface area contributed by atoms with E-state index >= 15 is 0 Å². The number of nitrogens with one attached hydrogen (secondary N) is 1. The number of hydrogen-bond acceptors (Lipinski definition) is 4. The second kappa shape index (κ2) is 5.40. The third-order valence-corrected chi connectivity index (χ3v) is 3.57. The highest BCUT2D eigenvalue weighted by Gasteiger charge is 2.26. The van der Waals surface area contributed by atoms with E-state index in [1.165, 1.54) is 0 Å². The zero-order valence-electron chi connectivity index (χ0n) is 12.6. The van der Waals surface area contributed by atoms with Crippen LogP contribution in [0.1, 0.15) is 50.2 Å². The maximum atomic E-state index is 12.3. The van der Waals surface area contributed by atoms with Crippen LogP contribution in [0.2, 0.25) is 0 Å². The first-order chi connectivity index (χ1) is 9.27. The Labute approximate surface area is 119 Å². The molecule has 0 bridgehead atoms. The maximum absolute atomic E-state index is 12.3. The number of carbonyl (C=O) groups excluding carboxylic acids is 1. The Hall–Kier alpha value is -1.62. The molecule has 0 spiro atoms. The van der Waals surface area contributed by atoms with Crippen LogP contribution < -0.4 is 11.1 Å². The van der Waals surface area contributed by atoms with Crippen molar-refractivity contribution in [3.8, 4) is 0 Å². The van der Waals surface area contributed by atoms with Crippen molar-refractivity contribution in [1.29, 1.82) is 0 Å². The number of nitrogens with two attached hydrogens (primary N) is 1. The van der Waals surface area contributed by atoms with Crippen molar-refractivity contribution in [3.63, 3.8) is 0 Å². The molecule has 2 atom stereocenters. The Morgan fingerprint density at radius 2 is 2.15 bits per heavy atom. The first-order valence-corrected chi connectivity index (χ1v) is 6.98. The summed E-state index contributed by atoms with van der Waals surface area (Å²) < 4.78 is 5.45. The smallest absolute Gasteiger partial charge is 0.251 e. The summed E-state index contributed by atoms with van der Waals surface area (Å²) in [6.07, 6.45) is 0.903. The van der Waals surface area contributed by atoms with Crippen LogP contribution in [0.3, 0.4) is 0 Å². The fourth-order valence-electron chi connectivity index (χ4n) is 2.24. The van der Waals surface area contributed by atoms with Crippen LogP contribution in [0.25, 0.3) is 0 Å².